The summed E-state index contributed by atoms with van der Waals surface area (Å²) in [7, 11) is 3.82. The number of quaternary nitrogens is 1. The van der Waals surface area contributed by atoms with Crippen LogP contribution >= 0.6 is 0 Å². The molecule has 2 amide bonds. The van der Waals surface area contributed by atoms with E-state index in [9.17, 15) is 19.5 Å². The zero-order chi connectivity index (χ0) is 31.3. The lowest BCUT2D eigenvalue weighted by Gasteiger charge is -2.61. The third-order valence-corrected chi connectivity index (χ3v) is 10.7. The number of aryl methyl sites for hydroxylation is 1. The van der Waals surface area contributed by atoms with E-state index < -0.39 is 29.3 Å². The molecule has 2 aromatic rings. The molecule has 5 atom stereocenters. The molecule has 10 heteroatoms. The number of aliphatic hydroxyl groups is 1. The highest BCUT2D eigenvalue weighted by Crippen LogP contribution is 2.63. The van der Waals surface area contributed by atoms with Crippen LogP contribution in [0.15, 0.2) is 42.5 Å². The molecule has 0 aromatic heterocycles. The molecule has 2 aromatic carbocycles. The number of benzene rings is 2. The normalized spacial score (nSPS) is 30.3. The summed E-state index contributed by atoms with van der Waals surface area (Å²) < 4.78 is 18.3. The second-order valence-corrected chi connectivity index (χ2v) is 13.5. The summed E-state index contributed by atoms with van der Waals surface area (Å²) >= 11 is 0. The molecule has 236 valence electrons. The third kappa shape index (κ3) is 5.11. The Morgan fingerprint density at radius 3 is 2.64 bits per heavy atom. The van der Waals surface area contributed by atoms with E-state index in [0.717, 1.165) is 34.3 Å². The van der Waals surface area contributed by atoms with Crippen molar-refractivity contribution in [3.8, 4) is 11.5 Å². The number of alkyl carbamates (subject to hydrolysis) is 1. The maximum atomic E-state index is 13.4. The molecule has 44 heavy (non-hydrogen) atoms. The van der Waals surface area contributed by atoms with Crippen LogP contribution in [-0.2, 0) is 21.6 Å². The first-order valence-corrected chi connectivity index (χ1v) is 15.8. The molecule has 2 aliphatic carbocycles. The zero-order valence-electron chi connectivity index (χ0n) is 26.1. The standard InChI is InChI=1S/C34H43N3O7/c1-22-10-13-27(43-32(40)36(3)18-17-35-31(39)42-21-25-8-6-5-7-9-25)29-28(22)33-16-19-37(4,20-24-11-12-24)23(2)34(33,41)15-14-26(38)30(33)44-29/h5-10,13,23-24,30,41H,11-12,14-21H2,1-4H3/p+1/t23-,30+,33+,34-,37-/m1/s1. The van der Waals surface area contributed by atoms with Crippen molar-refractivity contribution >= 4 is 18.0 Å². The van der Waals surface area contributed by atoms with Crippen molar-refractivity contribution in [3.63, 3.8) is 0 Å². The number of nitrogens with zero attached hydrogens (tertiary/aromatic N) is 2. The number of likely N-dealkylation sites (N-methyl/N-ethyl adjacent to an activating group) is 2. The number of rotatable bonds is 8. The van der Waals surface area contributed by atoms with Gasteiger partial charge >= 0.3 is 12.2 Å². The first kappa shape index (κ1) is 30.4. The predicted octanol–water partition coefficient (Wildman–Crippen LogP) is 4.09. The van der Waals surface area contributed by atoms with Crippen molar-refractivity contribution in [1.29, 1.82) is 0 Å². The van der Waals surface area contributed by atoms with Crippen LogP contribution in [0.5, 0.6) is 11.5 Å². The van der Waals surface area contributed by atoms with E-state index >= 15 is 0 Å². The Morgan fingerprint density at radius 2 is 1.91 bits per heavy atom. The quantitative estimate of drug-likeness (QED) is 0.435. The number of Topliss-reactive ketones (excluding diaryl/α,β-unsaturated/α-hetero) is 1. The van der Waals surface area contributed by atoms with Crippen LogP contribution in [0.4, 0.5) is 9.59 Å². The number of nitrogens with one attached hydrogen (secondary N) is 1. The Bertz CT molecular complexity index is 1450. The smallest absolute Gasteiger partial charge is 0.415 e. The second kappa shape index (κ2) is 11.4. The van der Waals surface area contributed by atoms with Crippen molar-refractivity contribution in [2.24, 2.45) is 5.92 Å². The van der Waals surface area contributed by atoms with E-state index in [1.165, 1.54) is 17.7 Å². The number of hydrogen-bond donors (Lipinski definition) is 2. The predicted molar refractivity (Wildman–Crippen MR) is 162 cm³/mol. The fourth-order valence-corrected chi connectivity index (χ4v) is 7.91. The maximum absolute atomic E-state index is 13.4. The van der Waals surface area contributed by atoms with Gasteiger partial charge in [-0.15, -0.1) is 0 Å². The molecule has 2 saturated carbocycles. The fraction of sp³-hybridized carbons (Fsp3) is 0.559. The second-order valence-electron chi connectivity index (χ2n) is 13.5. The van der Waals surface area contributed by atoms with Crippen LogP contribution in [0, 0.1) is 12.8 Å². The van der Waals surface area contributed by atoms with Gasteiger partial charge in [-0.3, -0.25) is 4.79 Å². The van der Waals surface area contributed by atoms with Gasteiger partial charge in [0.1, 0.15) is 18.2 Å². The van der Waals surface area contributed by atoms with Gasteiger partial charge in [0, 0.05) is 44.5 Å². The molecule has 6 rings (SSSR count). The summed E-state index contributed by atoms with van der Waals surface area (Å²) in [6, 6.07) is 12.9. The van der Waals surface area contributed by atoms with Crippen LogP contribution in [0.25, 0.3) is 0 Å². The molecular formula is C34H44N3O7+. The lowest BCUT2D eigenvalue weighted by molar-refractivity contribution is -0.948. The topological polar surface area (TPSA) is 114 Å². The highest BCUT2D eigenvalue weighted by Gasteiger charge is 2.73. The highest BCUT2D eigenvalue weighted by atomic mass is 16.6. The molecule has 4 aliphatic rings. The molecule has 10 nitrogen and oxygen atoms in total. The Kier molecular flexibility index (Phi) is 7.86. The number of carbonyl (C=O) groups is 3. The van der Waals surface area contributed by atoms with Crippen molar-refractivity contribution in [2.45, 2.75) is 75.7 Å². The van der Waals surface area contributed by atoms with Crippen LogP contribution in [0.2, 0.25) is 0 Å². The summed E-state index contributed by atoms with van der Waals surface area (Å²) in [5.74, 6) is 1.28. The monoisotopic (exact) mass is 606 g/mol. The minimum absolute atomic E-state index is 0.0182. The number of hydrogen-bond acceptors (Lipinski definition) is 7. The van der Waals surface area contributed by atoms with Crippen LogP contribution in [0.3, 0.4) is 0 Å². The van der Waals surface area contributed by atoms with Gasteiger partial charge in [0.25, 0.3) is 0 Å². The minimum atomic E-state index is -1.15. The summed E-state index contributed by atoms with van der Waals surface area (Å²) in [4.78, 5) is 40.0. The number of amides is 2. The van der Waals surface area contributed by atoms with Crippen LogP contribution in [0.1, 0.15) is 55.7 Å². The molecule has 3 fully saturated rings. The Balaban J connectivity index is 1.16. The third-order valence-electron chi connectivity index (χ3n) is 10.7. The number of piperidine rings is 1. The number of ether oxygens (including phenoxy) is 3. The van der Waals surface area contributed by atoms with Gasteiger partial charge in [0.15, 0.2) is 23.4 Å². The molecular weight excluding hydrogens is 562 g/mol. The van der Waals surface area contributed by atoms with E-state index in [1.807, 2.05) is 43.3 Å². The van der Waals surface area contributed by atoms with Gasteiger partial charge in [0.05, 0.1) is 25.6 Å². The zero-order valence-corrected chi connectivity index (χ0v) is 26.1. The van der Waals surface area contributed by atoms with Crippen molar-refractivity contribution < 1.29 is 38.2 Å². The van der Waals surface area contributed by atoms with E-state index in [1.54, 1.807) is 13.1 Å². The van der Waals surface area contributed by atoms with E-state index in [0.29, 0.717) is 24.5 Å². The number of likely N-dealkylation sites (tertiary alicyclic amines) is 1. The van der Waals surface area contributed by atoms with Gasteiger partial charge in [-0.25, -0.2) is 9.59 Å². The van der Waals surface area contributed by atoms with Gasteiger partial charge in [0.2, 0.25) is 0 Å². The van der Waals surface area contributed by atoms with Crippen molar-refractivity contribution in [2.75, 3.05) is 40.3 Å². The Labute approximate surface area is 258 Å². The molecule has 1 spiro atoms. The highest BCUT2D eigenvalue weighted by molar-refractivity contribution is 5.89. The van der Waals surface area contributed by atoms with Gasteiger partial charge < -0.3 is 34.0 Å². The lowest BCUT2D eigenvalue weighted by atomic mass is 9.52. The summed E-state index contributed by atoms with van der Waals surface area (Å²) in [5.41, 5.74) is 0.528. The average molecular weight is 607 g/mol. The maximum Gasteiger partial charge on any atom is 0.415 e. The first-order valence-electron chi connectivity index (χ1n) is 15.8. The molecule has 0 bridgehead atoms. The number of carbonyl (C=O) groups excluding carboxylic acids is 3. The summed E-state index contributed by atoms with van der Waals surface area (Å²) in [6.45, 7) is 6.48. The van der Waals surface area contributed by atoms with Crippen LogP contribution in [-0.4, -0.2) is 90.5 Å². The van der Waals surface area contributed by atoms with E-state index in [-0.39, 0.29) is 43.7 Å². The SMILES string of the molecule is Cc1ccc(OC(=O)N(C)CCNC(=O)OCc2ccccc2)c2c1[C@]13CC[N@+](C)(CC4CC4)[C@H](C)[C@]1(O)CCC(=O)[C@@H]3O2. The van der Waals surface area contributed by atoms with Crippen molar-refractivity contribution in [3.05, 3.63) is 59.2 Å². The lowest BCUT2D eigenvalue weighted by Crippen LogP contribution is -2.78. The summed E-state index contributed by atoms with van der Waals surface area (Å²) in [5, 5.41) is 15.3. The number of fused-ring (bicyclic) bond motifs is 1. The van der Waals surface area contributed by atoms with Gasteiger partial charge in [-0.1, -0.05) is 36.4 Å². The number of ketones is 1. The molecule has 2 heterocycles. The Hall–Kier alpha value is -3.63. The molecule has 1 saturated heterocycles. The first-order chi connectivity index (χ1) is 21.0. The average Bonchev–Trinajstić information content (AvgIpc) is 3.74. The van der Waals surface area contributed by atoms with Gasteiger partial charge in [-0.05, 0) is 50.3 Å². The largest absolute Gasteiger partial charge is 0.477 e. The molecule has 0 radical (unpaired) electrons. The van der Waals surface area contributed by atoms with Crippen LogP contribution < -0.4 is 14.8 Å². The van der Waals surface area contributed by atoms with E-state index in [4.69, 9.17) is 14.2 Å². The minimum Gasteiger partial charge on any atom is -0.477 e. The van der Waals surface area contributed by atoms with Crippen molar-refractivity contribution in [1.82, 2.24) is 10.2 Å². The van der Waals surface area contributed by atoms with E-state index in [2.05, 4.69) is 19.3 Å². The molecule has 2 aliphatic heterocycles. The Morgan fingerprint density at radius 1 is 1.16 bits per heavy atom. The molecule has 0 unspecified atom stereocenters. The van der Waals surface area contributed by atoms with Gasteiger partial charge in [-0.2, -0.15) is 0 Å². The summed E-state index contributed by atoms with van der Waals surface area (Å²) in [6.07, 6.45) is 1.72. The fourth-order valence-electron chi connectivity index (χ4n) is 7.91. The molecule has 2 N–H and O–H groups in total.